The zero-order valence-electron chi connectivity index (χ0n) is 16.3. The van der Waals surface area contributed by atoms with E-state index in [0.717, 1.165) is 24.6 Å². The fraction of sp³-hybridized carbons (Fsp3) is 0.619. The Kier molecular flexibility index (Phi) is 10.1. The van der Waals surface area contributed by atoms with Crippen molar-refractivity contribution in [1.29, 1.82) is 0 Å². The molecule has 0 saturated carbocycles. The zero-order chi connectivity index (χ0) is 18.6. The van der Waals surface area contributed by atoms with Crippen LogP contribution in [0.4, 0.5) is 0 Å². The number of ether oxygens (including phenoxy) is 2. The van der Waals surface area contributed by atoms with E-state index in [0.29, 0.717) is 13.2 Å². The van der Waals surface area contributed by atoms with Crippen molar-refractivity contribution in [2.24, 2.45) is 0 Å². The normalized spacial score (nSPS) is 21.7. The molecule has 1 aliphatic rings. The molecule has 1 aliphatic heterocycles. The van der Waals surface area contributed by atoms with E-state index in [1.54, 1.807) is 0 Å². The van der Waals surface area contributed by atoms with E-state index in [4.69, 9.17) is 20.3 Å². The lowest BCUT2D eigenvalue weighted by Gasteiger charge is -2.49. The summed E-state index contributed by atoms with van der Waals surface area (Å²) in [5, 5.41) is 0. The van der Waals surface area contributed by atoms with Gasteiger partial charge in [0.1, 0.15) is 0 Å². The smallest absolute Gasteiger partial charge is 0.256 e. The van der Waals surface area contributed by atoms with Crippen LogP contribution in [-0.2, 0) is 13.9 Å². The number of hydrogen-bond donors (Lipinski definition) is 0. The molecule has 0 bridgehead atoms. The first-order chi connectivity index (χ1) is 12.1. The first kappa shape index (κ1) is 21.9. The van der Waals surface area contributed by atoms with Gasteiger partial charge in [-0.05, 0) is 51.4 Å². The minimum absolute atomic E-state index is 0.389. The predicted octanol–water partition coefficient (Wildman–Crippen LogP) is 5.15. The number of terminal acetylenes is 1. The summed E-state index contributed by atoms with van der Waals surface area (Å²) in [6.45, 7) is 10.6. The second-order valence-corrected chi connectivity index (χ2v) is 10.4. The summed E-state index contributed by atoms with van der Waals surface area (Å²) < 4.78 is 18.4. The molecule has 0 N–H and O–H groups in total. The molecule has 0 radical (unpaired) electrons. The average molecular weight is 363 g/mol. The highest BCUT2D eigenvalue weighted by Gasteiger charge is 2.57. The summed E-state index contributed by atoms with van der Waals surface area (Å²) in [7, 11) is -1.92. The van der Waals surface area contributed by atoms with Crippen LogP contribution in [0, 0.1) is 12.3 Å². The molecule has 25 heavy (non-hydrogen) atoms. The lowest BCUT2D eigenvalue weighted by atomic mass is 10.2. The minimum Gasteiger partial charge on any atom is -0.411 e. The van der Waals surface area contributed by atoms with E-state index >= 15 is 0 Å². The maximum Gasteiger partial charge on any atom is 0.256 e. The van der Waals surface area contributed by atoms with E-state index in [2.05, 4.69) is 33.6 Å². The second-order valence-electron chi connectivity index (χ2n) is 6.12. The van der Waals surface area contributed by atoms with Crippen LogP contribution >= 0.6 is 0 Å². The predicted molar refractivity (Wildman–Crippen MR) is 107 cm³/mol. The van der Waals surface area contributed by atoms with Crippen LogP contribution in [0.25, 0.3) is 0 Å². The lowest BCUT2D eigenvalue weighted by molar-refractivity contribution is -0.199. The van der Waals surface area contributed by atoms with Crippen LogP contribution in [-0.4, -0.2) is 33.5 Å². The van der Waals surface area contributed by atoms with Gasteiger partial charge in [0, 0.05) is 31.8 Å². The van der Waals surface area contributed by atoms with E-state index in [-0.39, 0.29) is 5.41 Å². The van der Waals surface area contributed by atoms with Crippen LogP contribution in [0.2, 0.25) is 12.1 Å². The van der Waals surface area contributed by atoms with Gasteiger partial charge >= 0.3 is 0 Å². The largest absolute Gasteiger partial charge is 0.411 e. The number of rotatable bonds is 7. The van der Waals surface area contributed by atoms with Gasteiger partial charge in [0.25, 0.3) is 8.32 Å². The third kappa shape index (κ3) is 5.69. The molecule has 1 saturated heterocycles. The standard InChI is InChI=1S/C13H28O3Si.C8H6/c1-5-14-13(15-6-2)11-9-10-12-17(13,8-4)16-7-3;1-2-8-6-4-3-5-7-8/h5-12H2,1-4H3;1,3-7H. The Balaban J connectivity index is 0.000000324. The number of benzene rings is 1. The molecule has 0 aliphatic carbocycles. The maximum absolute atomic E-state index is 6.23. The molecular weight excluding hydrogens is 328 g/mol. The van der Waals surface area contributed by atoms with Crippen molar-refractivity contribution in [3.8, 4) is 12.3 Å². The zero-order valence-corrected chi connectivity index (χ0v) is 17.3. The third-order valence-electron chi connectivity index (χ3n) is 4.72. The SMILES string of the molecule is C#Cc1ccccc1.CCOC1(OCC)CCCC[Si]1(CC)OCC. The Morgan fingerprint density at radius 2 is 1.64 bits per heavy atom. The maximum atomic E-state index is 6.23. The van der Waals surface area contributed by atoms with Crippen LogP contribution in [0.15, 0.2) is 30.3 Å². The van der Waals surface area contributed by atoms with Gasteiger partial charge in [-0.25, -0.2) is 0 Å². The molecule has 0 spiro atoms. The fourth-order valence-electron chi connectivity index (χ4n) is 3.64. The Morgan fingerprint density at radius 3 is 2.08 bits per heavy atom. The van der Waals surface area contributed by atoms with Crippen LogP contribution in [0.3, 0.4) is 0 Å². The quantitative estimate of drug-likeness (QED) is 0.381. The molecular formula is C21H34O3Si. The van der Waals surface area contributed by atoms with Crippen molar-refractivity contribution in [3.05, 3.63) is 35.9 Å². The molecule has 1 fully saturated rings. The molecule has 0 amide bonds. The summed E-state index contributed by atoms with van der Waals surface area (Å²) in [5.74, 6) is 2.53. The molecule has 2 rings (SSSR count). The summed E-state index contributed by atoms with van der Waals surface area (Å²) >= 11 is 0. The molecule has 4 heteroatoms. The molecule has 1 atom stereocenters. The van der Waals surface area contributed by atoms with Gasteiger partial charge in [-0.15, -0.1) is 6.42 Å². The first-order valence-electron chi connectivity index (χ1n) is 9.57. The van der Waals surface area contributed by atoms with E-state index in [1.807, 2.05) is 30.3 Å². The molecule has 1 aromatic rings. The molecule has 1 aromatic carbocycles. The van der Waals surface area contributed by atoms with Gasteiger partial charge in [-0.1, -0.05) is 37.5 Å². The van der Waals surface area contributed by atoms with Gasteiger partial charge in [0.15, 0.2) is 5.41 Å². The Labute approximate surface area is 155 Å². The first-order valence-corrected chi connectivity index (χ1v) is 11.9. The van der Waals surface area contributed by atoms with Crippen molar-refractivity contribution < 1.29 is 13.9 Å². The van der Waals surface area contributed by atoms with Gasteiger partial charge in [0.05, 0.1) is 0 Å². The molecule has 1 heterocycles. The summed E-state index contributed by atoms with van der Waals surface area (Å²) in [5.41, 5.74) is 0.548. The summed E-state index contributed by atoms with van der Waals surface area (Å²) in [6, 6.07) is 11.9. The third-order valence-corrected chi connectivity index (χ3v) is 9.79. The fourth-order valence-corrected chi connectivity index (χ4v) is 8.31. The van der Waals surface area contributed by atoms with Crippen molar-refractivity contribution in [1.82, 2.24) is 0 Å². The molecule has 3 nitrogen and oxygen atoms in total. The van der Waals surface area contributed by atoms with Gasteiger partial charge in [-0.2, -0.15) is 0 Å². The van der Waals surface area contributed by atoms with Gasteiger partial charge in [-0.3, -0.25) is 0 Å². The molecule has 0 aromatic heterocycles. The summed E-state index contributed by atoms with van der Waals surface area (Å²) in [6.07, 6.45) is 8.57. The van der Waals surface area contributed by atoms with Gasteiger partial charge in [0.2, 0.25) is 0 Å². The topological polar surface area (TPSA) is 27.7 Å². The minimum atomic E-state index is -1.92. The Morgan fingerprint density at radius 1 is 1.00 bits per heavy atom. The Bertz CT molecular complexity index is 496. The van der Waals surface area contributed by atoms with E-state index < -0.39 is 8.32 Å². The van der Waals surface area contributed by atoms with E-state index in [1.165, 1.54) is 18.9 Å². The van der Waals surface area contributed by atoms with Crippen LogP contribution in [0.1, 0.15) is 52.5 Å². The van der Waals surface area contributed by atoms with Crippen LogP contribution in [0.5, 0.6) is 0 Å². The van der Waals surface area contributed by atoms with Crippen molar-refractivity contribution in [3.63, 3.8) is 0 Å². The second kappa shape index (κ2) is 11.5. The average Bonchev–Trinajstić information content (AvgIpc) is 2.65. The van der Waals surface area contributed by atoms with Crippen LogP contribution < -0.4 is 0 Å². The number of hydrogen-bond acceptors (Lipinski definition) is 3. The Hall–Kier alpha value is -1.12. The van der Waals surface area contributed by atoms with Gasteiger partial charge < -0.3 is 13.9 Å². The lowest BCUT2D eigenvalue weighted by Crippen LogP contribution is -2.65. The molecule has 1 unspecified atom stereocenters. The molecule has 140 valence electrons. The summed E-state index contributed by atoms with van der Waals surface area (Å²) in [4.78, 5) is 0. The highest BCUT2D eigenvalue weighted by molar-refractivity contribution is 6.76. The van der Waals surface area contributed by atoms with Crippen molar-refractivity contribution in [2.45, 2.75) is 64.5 Å². The highest BCUT2D eigenvalue weighted by Crippen LogP contribution is 2.43. The van der Waals surface area contributed by atoms with Crippen molar-refractivity contribution in [2.75, 3.05) is 19.8 Å². The monoisotopic (exact) mass is 362 g/mol. The van der Waals surface area contributed by atoms with E-state index in [9.17, 15) is 0 Å². The van der Waals surface area contributed by atoms with Crippen molar-refractivity contribution >= 4 is 8.32 Å². The highest BCUT2D eigenvalue weighted by atomic mass is 28.4.